The Morgan fingerprint density at radius 1 is 1.38 bits per heavy atom. The van der Waals surface area contributed by atoms with Crippen LogP contribution in [0.3, 0.4) is 0 Å². The van der Waals surface area contributed by atoms with Crippen molar-refractivity contribution in [2.45, 2.75) is 45.1 Å². The minimum Gasteiger partial charge on any atom is -0.353 e. The van der Waals surface area contributed by atoms with Crippen LogP contribution in [0.15, 0.2) is 10.9 Å². The van der Waals surface area contributed by atoms with Crippen LogP contribution in [0.4, 0.5) is 5.95 Å². The molecule has 0 unspecified atom stereocenters. The number of carbonyl (C=O) groups excluding carboxylic acids is 1. The van der Waals surface area contributed by atoms with Gasteiger partial charge in [-0.05, 0) is 38.5 Å². The standard InChI is InChI=1S/C15H22N4O2/c1-10-8-13(20)18-15(16-10)19-6-4-12(5-7-19)17-14(21)9-11-2-3-11/h8,11-12H,2-7,9H2,1H3,(H,17,21)(H,16,18,20). The average molecular weight is 290 g/mol. The lowest BCUT2D eigenvalue weighted by molar-refractivity contribution is -0.122. The van der Waals surface area contributed by atoms with Gasteiger partial charge in [-0.2, -0.15) is 0 Å². The number of amides is 1. The number of nitrogens with zero attached hydrogens (tertiary/aromatic N) is 2. The van der Waals surface area contributed by atoms with Gasteiger partial charge in [0.15, 0.2) is 0 Å². The molecule has 1 aromatic heterocycles. The number of nitrogens with one attached hydrogen (secondary N) is 2. The monoisotopic (exact) mass is 290 g/mol. The first-order valence-electron chi connectivity index (χ1n) is 7.72. The number of hydrogen-bond acceptors (Lipinski definition) is 4. The summed E-state index contributed by atoms with van der Waals surface area (Å²) < 4.78 is 0. The Morgan fingerprint density at radius 2 is 2.10 bits per heavy atom. The minimum absolute atomic E-state index is 0.114. The molecule has 1 aliphatic carbocycles. The van der Waals surface area contributed by atoms with Crippen molar-refractivity contribution in [1.29, 1.82) is 0 Å². The molecule has 3 rings (SSSR count). The molecule has 1 saturated heterocycles. The van der Waals surface area contributed by atoms with Gasteiger partial charge in [-0.15, -0.1) is 0 Å². The van der Waals surface area contributed by atoms with E-state index in [1.807, 2.05) is 6.92 Å². The van der Waals surface area contributed by atoms with Crippen molar-refractivity contribution in [3.05, 3.63) is 22.1 Å². The first kappa shape index (κ1) is 14.1. The molecule has 1 aliphatic heterocycles. The fourth-order valence-electron chi connectivity index (χ4n) is 2.82. The summed E-state index contributed by atoms with van der Waals surface area (Å²) in [5.41, 5.74) is 0.617. The Balaban J connectivity index is 1.52. The number of aromatic nitrogens is 2. The number of H-pyrrole nitrogens is 1. The first-order valence-corrected chi connectivity index (χ1v) is 7.72. The molecule has 2 N–H and O–H groups in total. The molecule has 6 heteroatoms. The van der Waals surface area contributed by atoms with Gasteiger partial charge in [-0.1, -0.05) is 0 Å². The number of anilines is 1. The van der Waals surface area contributed by atoms with E-state index in [1.54, 1.807) is 0 Å². The molecule has 0 bridgehead atoms. The molecule has 2 aliphatic rings. The largest absolute Gasteiger partial charge is 0.353 e. The van der Waals surface area contributed by atoms with Crippen LogP contribution in [-0.4, -0.2) is 35.0 Å². The predicted octanol–water partition coefficient (Wildman–Crippen LogP) is 0.963. The maximum atomic E-state index is 11.8. The van der Waals surface area contributed by atoms with E-state index in [1.165, 1.54) is 18.9 Å². The Kier molecular flexibility index (Phi) is 3.94. The van der Waals surface area contributed by atoms with Crippen LogP contribution < -0.4 is 15.8 Å². The van der Waals surface area contributed by atoms with E-state index >= 15 is 0 Å². The molecule has 0 spiro atoms. The lowest BCUT2D eigenvalue weighted by Gasteiger charge is -2.32. The lowest BCUT2D eigenvalue weighted by Crippen LogP contribution is -2.45. The van der Waals surface area contributed by atoms with Gasteiger partial charge in [0, 0.05) is 37.3 Å². The van der Waals surface area contributed by atoms with E-state index in [0.717, 1.165) is 31.6 Å². The van der Waals surface area contributed by atoms with Crippen molar-refractivity contribution < 1.29 is 4.79 Å². The Bertz CT molecular complexity index is 571. The van der Waals surface area contributed by atoms with Crippen molar-refractivity contribution in [2.75, 3.05) is 18.0 Å². The SMILES string of the molecule is Cc1cc(=O)[nH]c(N2CCC(NC(=O)CC3CC3)CC2)n1. The molecule has 0 atom stereocenters. The van der Waals surface area contributed by atoms with Crippen LogP contribution in [0, 0.1) is 12.8 Å². The zero-order valence-electron chi connectivity index (χ0n) is 12.4. The molecule has 6 nitrogen and oxygen atoms in total. The van der Waals surface area contributed by atoms with Gasteiger partial charge >= 0.3 is 0 Å². The molecule has 114 valence electrons. The van der Waals surface area contributed by atoms with E-state index < -0.39 is 0 Å². The third-order valence-electron chi connectivity index (χ3n) is 4.19. The summed E-state index contributed by atoms with van der Waals surface area (Å²) in [7, 11) is 0. The zero-order chi connectivity index (χ0) is 14.8. The molecule has 0 aromatic carbocycles. The molecular formula is C15H22N4O2. The number of hydrogen-bond donors (Lipinski definition) is 2. The third kappa shape index (κ3) is 3.83. The van der Waals surface area contributed by atoms with E-state index in [2.05, 4.69) is 20.2 Å². The number of rotatable bonds is 4. The van der Waals surface area contributed by atoms with Gasteiger partial charge in [-0.25, -0.2) is 4.98 Å². The van der Waals surface area contributed by atoms with Crippen LogP contribution in [0.1, 0.15) is 37.8 Å². The number of piperidine rings is 1. The summed E-state index contributed by atoms with van der Waals surface area (Å²) in [6, 6.07) is 1.75. The molecule has 21 heavy (non-hydrogen) atoms. The maximum Gasteiger partial charge on any atom is 0.252 e. The first-order chi connectivity index (χ1) is 10.1. The van der Waals surface area contributed by atoms with E-state index in [9.17, 15) is 9.59 Å². The molecule has 1 amide bonds. The fraction of sp³-hybridized carbons (Fsp3) is 0.667. The second-order valence-corrected chi connectivity index (χ2v) is 6.19. The molecule has 2 fully saturated rings. The lowest BCUT2D eigenvalue weighted by atomic mass is 10.0. The Hall–Kier alpha value is -1.85. The maximum absolute atomic E-state index is 11.8. The fourth-order valence-corrected chi connectivity index (χ4v) is 2.82. The highest BCUT2D eigenvalue weighted by Gasteiger charge is 2.27. The molecule has 1 saturated carbocycles. The van der Waals surface area contributed by atoms with E-state index in [-0.39, 0.29) is 17.5 Å². The number of aromatic amines is 1. The van der Waals surface area contributed by atoms with Gasteiger partial charge in [0.25, 0.3) is 5.56 Å². The zero-order valence-corrected chi connectivity index (χ0v) is 12.4. The Morgan fingerprint density at radius 3 is 2.71 bits per heavy atom. The van der Waals surface area contributed by atoms with Crippen molar-refractivity contribution in [3.8, 4) is 0 Å². The van der Waals surface area contributed by atoms with Gasteiger partial charge in [0.1, 0.15) is 0 Å². The minimum atomic E-state index is -0.114. The molecular weight excluding hydrogens is 268 g/mol. The van der Waals surface area contributed by atoms with Gasteiger partial charge in [0.2, 0.25) is 11.9 Å². The van der Waals surface area contributed by atoms with E-state index in [4.69, 9.17) is 0 Å². The Labute approximate surface area is 124 Å². The van der Waals surface area contributed by atoms with Crippen LogP contribution in [0.2, 0.25) is 0 Å². The average Bonchev–Trinajstić information content (AvgIpc) is 3.22. The second-order valence-electron chi connectivity index (χ2n) is 6.19. The van der Waals surface area contributed by atoms with Gasteiger partial charge in [0.05, 0.1) is 0 Å². The summed E-state index contributed by atoms with van der Waals surface area (Å²) in [6.45, 7) is 3.44. The van der Waals surface area contributed by atoms with Crippen molar-refractivity contribution >= 4 is 11.9 Å². The second kappa shape index (κ2) is 5.87. The normalized spacial score (nSPS) is 19.6. The van der Waals surface area contributed by atoms with Crippen LogP contribution >= 0.6 is 0 Å². The molecule has 1 aromatic rings. The molecule has 2 heterocycles. The highest BCUT2D eigenvalue weighted by molar-refractivity contribution is 5.76. The highest BCUT2D eigenvalue weighted by Crippen LogP contribution is 2.32. The predicted molar refractivity (Wildman–Crippen MR) is 80.3 cm³/mol. The molecule has 0 radical (unpaired) electrons. The van der Waals surface area contributed by atoms with Crippen LogP contribution in [-0.2, 0) is 4.79 Å². The highest BCUT2D eigenvalue weighted by atomic mass is 16.1. The summed E-state index contributed by atoms with van der Waals surface area (Å²) in [6.07, 6.45) is 4.89. The van der Waals surface area contributed by atoms with E-state index in [0.29, 0.717) is 18.3 Å². The summed E-state index contributed by atoms with van der Waals surface area (Å²) in [4.78, 5) is 32.5. The summed E-state index contributed by atoms with van der Waals surface area (Å²) in [5.74, 6) is 1.47. The quantitative estimate of drug-likeness (QED) is 0.866. The van der Waals surface area contributed by atoms with Crippen LogP contribution in [0.25, 0.3) is 0 Å². The van der Waals surface area contributed by atoms with Crippen molar-refractivity contribution in [2.24, 2.45) is 5.92 Å². The summed E-state index contributed by atoms with van der Waals surface area (Å²) >= 11 is 0. The van der Waals surface area contributed by atoms with Crippen LogP contribution in [0.5, 0.6) is 0 Å². The van der Waals surface area contributed by atoms with Gasteiger partial charge < -0.3 is 10.2 Å². The topological polar surface area (TPSA) is 78.1 Å². The van der Waals surface area contributed by atoms with Crippen molar-refractivity contribution in [1.82, 2.24) is 15.3 Å². The number of carbonyl (C=O) groups is 1. The smallest absolute Gasteiger partial charge is 0.252 e. The number of aryl methyl sites for hydroxylation is 1. The van der Waals surface area contributed by atoms with Gasteiger partial charge in [-0.3, -0.25) is 14.6 Å². The van der Waals surface area contributed by atoms with Crippen molar-refractivity contribution in [3.63, 3.8) is 0 Å². The third-order valence-corrected chi connectivity index (χ3v) is 4.19. The summed E-state index contributed by atoms with van der Waals surface area (Å²) in [5, 5.41) is 3.13.